The number of rotatable bonds is 2. The van der Waals surface area contributed by atoms with Crippen LogP contribution >= 0.6 is 15.9 Å². The van der Waals surface area contributed by atoms with Crippen molar-refractivity contribution in [1.29, 1.82) is 0 Å². The molecule has 2 rings (SSSR count). The predicted octanol–water partition coefficient (Wildman–Crippen LogP) is 3.31. The lowest BCUT2D eigenvalue weighted by Crippen LogP contribution is -2.00. The third kappa shape index (κ3) is 2.69. The SMILES string of the molecule is Cc1cc(C)cc(Cn2cc(Br)cn2)c1. The second kappa shape index (κ2) is 4.19. The first kappa shape index (κ1) is 10.4. The van der Waals surface area contributed by atoms with E-state index in [1.807, 2.05) is 17.1 Å². The Morgan fingerprint density at radius 1 is 1.20 bits per heavy atom. The van der Waals surface area contributed by atoms with Gasteiger partial charge in [0.2, 0.25) is 0 Å². The van der Waals surface area contributed by atoms with Crippen LogP contribution in [0, 0.1) is 13.8 Å². The molecule has 2 aromatic rings. The molecule has 0 spiro atoms. The monoisotopic (exact) mass is 264 g/mol. The lowest BCUT2D eigenvalue weighted by atomic mass is 10.1. The van der Waals surface area contributed by atoms with E-state index in [2.05, 4.69) is 53.1 Å². The number of aromatic nitrogens is 2. The number of hydrogen-bond donors (Lipinski definition) is 0. The average molecular weight is 265 g/mol. The van der Waals surface area contributed by atoms with E-state index in [9.17, 15) is 0 Å². The summed E-state index contributed by atoms with van der Waals surface area (Å²) >= 11 is 3.39. The molecule has 0 unspecified atom stereocenters. The topological polar surface area (TPSA) is 17.8 Å². The molecule has 3 heteroatoms. The van der Waals surface area contributed by atoms with Gasteiger partial charge in [-0.2, -0.15) is 5.10 Å². The van der Waals surface area contributed by atoms with Gasteiger partial charge in [-0.3, -0.25) is 4.68 Å². The van der Waals surface area contributed by atoms with Crippen molar-refractivity contribution < 1.29 is 0 Å². The maximum absolute atomic E-state index is 4.24. The maximum atomic E-state index is 4.24. The van der Waals surface area contributed by atoms with Gasteiger partial charge < -0.3 is 0 Å². The fourth-order valence-corrected chi connectivity index (χ4v) is 2.10. The van der Waals surface area contributed by atoms with Crippen LogP contribution in [0.5, 0.6) is 0 Å². The first-order valence-electron chi connectivity index (χ1n) is 4.88. The summed E-state index contributed by atoms with van der Waals surface area (Å²) in [4.78, 5) is 0. The van der Waals surface area contributed by atoms with E-state index in [0.717, 1.165) is 11.0 Å². The predicted molar refractivity (Wildman–Crippen MR) is 64.9 cm³/mol. The summed E-state index contributed by atoms with van der Waals surface area (Å²) in [5.41, 5.74) is 3.90. The van der Waals surface area contributed by atoms with Crippen molar-refractivity contribution >= 4 is 15.9 Å². The van der Waals surface area contributed by atoms with Crippen molar-refractivity contribution in [1.82, 2.24) is 9.78 Å². The standard InChI is InChI=1S/C12H13BrN2/c1-9-3-10(2)5-11(4-9)7-15-8-12(13)6-14-15/h3-6,8H,7H2,1-2H3. The number of benzene rings is 1. The number of nitrogens with zero attached hydrogens (tertiary/aromatic N) is 2. The Hall–Kier alpha value is -1.09. The first-order valence-corrected chi connectivity index (χ1v) is 5.68. The molecule has 0 aliphatic carbocycles. The maximum Gasteiger partial charge on any atom is 0.0660 e. The van der Waals surface area contributed by atoms with Gasteiger partial charge in [0, 0.05) is 6.20 Å². The molecule has 1 aromatic carbocycles. The summed E-state index contributed by atoms with van der Waals surface area (Å²) in [5, 5.41) is 4.24. The lowest BCUT2D eigenvalue weighted by Gasteiger charge is -2.04. The molecule has 0 radical (unpaired) electrons. The highest BCUT2D eigenvalue weighted by Crippen LogP contribution is 2.12. The van der Waals surface area contributed by atoms with Crippen molar-refractivity contribution in [2.24, 2.45) is 0 Å². The highest BCUT2D eigenvalue weighted by molar-refractivity contribution is 9.10. The van der Waals surface area contributed by atoms with Crippen molar-refractivity contribution in [3.05, 3.63) is 51.8 Å². The van der Waals surface area contributed by atoms with Gasteiger partial charge in [-0.25, -0.2) is 0 Å². The van der Waals surface area contributed by atoms with Gasteiger partial charge in [0.05, 0.1) is 17.2 Å². The molecule has 2 nitrogen and oxygen atoms in total. The molecule has 0 amide bonds. The molecule has 0 saturated carbocycles. The van der Waals surface area contributed by atoms with Crippen LogP contribution in [0.3, 0.4) is 0 Å². The third-order valence-corrected chi connectivity index (χ3v) is 2.64. The van der Waals surface area contributed by atoms with E-state index in [-0.39, 0.29) is 0 Å². The van der Waals surface area contributed by atoms with E-state index < -0.39 is 0 Å². The zero-order chi connectivity index (χ0) is 10.8. The molecule has 0 bridgehead atoms. The van der Waals surface area contributed by atoms with Gasteiger partial charge in [-0.15, -0.1) is 0 Å². The molecule has 0 fully saturated rings. The zero-order valence-electron chi connectivity index (χ0n) is 8.87. The second-order valence-corrected chi connectivity index (χ2v) is 4.77. The van der Waals surface area contributed by atoms with Crippen LogP contribution in [0.4, 0.5) is 0 Å². The van der Waals surface area contributed by atoms with Crippen LogP contribution in [-0.2, 0) is 6.54 Å². The minimum atomic E-state index is 0.828. The molecular formula is C12H13BrN2. The second-order valence-electron chi connectivity index (χ2n) is 3.85. The smallest absolute Gasteiger partial charge is 0.0660 e. The zero-order valence-corrected chi connectivity index (χ0v) is 10.5. The largest absolute Gasteiger partial charge is 0.267 e. The molecule has 78 valence electrons. The van der Waals surface area contributed by atoms with E-state index >= 15 is 0 Å². The Morgan fingerprint density at radius 2 is 1.87 bits per heavy atom. The van der Waals surface area contributed by atoms with E-state index in [1.54, 1.807) is 0 Å². The fourth-order valence-electron chi connectivity index (χ4n) is 1.77. The molecule has 0 aliphatic heterocycles. The van der Waals surface area contributed by atoms with Crippen LogP contribution in [-0.4, -0.2) is 9.78 Å². The molecule has 15 heavy (non-hydrogen) atoms. The van der Waals surface area contributed by atoms with Crippen molar-refractivity contribution in [3.63, 3.8) is 0 Å². The van der Waals surface area contributed by atoms with Crippen LogP contribution < -0.4 is 0 Å². The van der Waals surface area contributed by atoms with E-state index in [4.69, 9.17) is 0 Å². The van der Waals surface area contributed by atoms with Gasteiger partial charge in [0.15, 0.2) is 0 Å². The van der Waals surface area contributed by atoms with Crippen LogP contribution in [0.15, 0.2) is 35.1 Å². The molecule has 0 aliphatic rings. The van der Waals surface area contributed by atoms with E-state index in [0.29, 0.717) is 0 Å². The van der Waals surface area contributed by atoms with Crippen molar-refractivity contribution in [3.8, 4) is 0 Å². The van der Waals surface area contributed by atoms with Crippen LogP contribution in [0.1, 0.15) is 16.7 Å². The van der Waals surface area contributed by atoms with Gasteiger partial charge in [0.25, 0.3) is 0 Å². The molecule has 1 aromatic heterocycles. The molecule has 0 atom stereocenters. The average Bonchev–Trinajstić information content (AvgIpc) is 2.49. The number of aryl methyl sites for hydroxylation is 2. The van der Waals surface area contributed by atoms with Crippen molar-refractivity contribution in [2.75, 3.05) is 0 Å². The summed E-state index contributed by atoms with van der Waals surface area (Å²) in [5.74, 6) is 0. The highest BCUT2D eigenvalue weighted by Gasteiger charge is 1.99. The first-order chi connectivity index (χ1) is 7.13. The highest BCUT2D eigenvalue weighted by atomic mass is 79.9. The normalized spacial score (nSPS) is 10.6. The Kier molecular flexibility index (Phi) is 2.91. The van der Waals surface area contributed by atoms with Gasteiger partial charge in [-0.05, 0) is 35.3 Å². The molecule has 1 heterocycles. The molecule has 0 N–H and O–H groups in total. The third-order valence-electron chi connectivity index (χ3n) is 2.23. The summed E-state index contributed by atoms with van der Waals surface area (Å²) < 4.78 is 2.95. The van der Waals surface area contributed by atoms with Crippen LogP contribution in [0.2, 0.25) is 0 Å². The van der Waals surface area contributed by atoms with Gasteiger partial charge in [-0.1, -0.05) is 29.3 Å². The fraction of sp³-hybridized carbons (Fsp3) is 0.250. The van der Waals surface area contributed by atoms with Crippen LogP contribution in [0.25, 0.3) is 0 Å². The lowest BCUT2D eigenvalue weighted by molar-refractivity contribution is 0.686. The Morgan fingerprint density at radius 3 is 2.40 bits per heavy atom. The summed E-state index contributed by atoms with van der Waals surface area (Å²) in [7, 11) is 0. The van der Waals surface area contributed by atoms with E-state index in [1.165, 1.54) is 16.7 Å². The van der Waals surface area contributed by atoms with Gasteiger partial charge in [0.1, 0.15) is 0 Å². The minimum Gasteiger partial charge on any atom is -0.267 e. The molecule has 0 saturated heterocycles. The summed E-state index contributed by atoms with van der Waals surface area (Å²) in [6, 6.07) is 6.58. The van der Waals surface area contributed by atoms with Gasteiger partial charge >= 0.3 is 0 Å². The number of halogens is 1. The summed E-state index contributed by atoms with van der Waals surface area (Å²) in [6.45, 7) is 5.07. The quantitative estimate of drug-likeness (QED) is 0.814. The Bertz CT molecular complexity index is 454. The Balaban J connectivity index is 2.24. The Labute approximate surface area is 98.1 Å². The minimum absolute atomic E-state index is 0.828. The number of hydrogen-bond acceptors (Lipinski definition) is 1. The molecular weight excluding hydrogens is 252 g/mol. The van der Waals surface area contributed by atoms with Crippen molar-refractivity contribution in [2.45, 2.75) is 20.4 Å². The summed E-state index contributed by atoms with van der Waals surface area (Å²) in [6.07, 6.45) is 3.79.